The molecule has 6 rings (SSSR count). The van der Waals surface area contributed by atoms with Gasteiger partial charge in [-0.05, 0) is 13.8 Å². The maximum Gasteiger partial charge on any atom is 0.224 e. The Bertz CT molecular complexity index is 1670. The topological polar surface area (TPSA) is 242 Å². The third-order valence-electron chi connectivity index (χ3n) is 7.54. The van der Waals surface area contributed by atoms with Crippen LogP contribution in [0.15, 0.2) is 12.7 Å². The minimum absolute atomic E-state index is 0.0146. The van der Waals surface area contributed by atoms with Crippen LogP contribution < -0.4 is 16.4 Å². The number of aliphatic hydroxyl groups is 4. The number of hydrogen-bond acceptors (Lipinski definition) is 15. The number of fused-ring (bicyclic) bond motifs is 2. The highest BCUT2D eigenvalue weighted by Crippen LogP contribution is 2.43. The first-order valence-electron chi connectivity index (χ1n) is 13.2. The molecule has 4 aromatic rings. The second-order valence-electron chi connectivity index (χ2n) is 10.9. The van der Waals surface area contributed by atoms with E-state index in [0.29, 0.717) is 17.0 Å². The van der Waals surface area contributed by atoms with Gasteiger partial charge in [0.15, 0.2) is 51.6 Å². The number of imidazole rings is 2. The molecule has 0 aliphatic carbocycles. The lowest BCUT2D eigenvalue weighted by atomic mass is 9.98. The Labute approximate surface area is 253 Å². The summed E-state index contributed by atoms with van der Waals surface area (Å²) in [6.45, 7) is 1.38. The van der Waals surface area contributed by atoms with Gasteiger partial charge in [-0.15, -0.1) is 0 Å². The summed E-state index contributed by atoms with van der Waals surface area (Å²) in [4.78, 5) is 25.9. The summed E-state index contributed by atoms with van der Waals surface area (Å²) in [5, 5.41) is 38.3. The van der Waals surface area contributed by atoms with Gasteiger partial charge in [-0.1, -0.05) is 11.6 Å². The Hall–Kier alpha value is -3.59. The summed E-state index contributed by atoms with van der Waals surface area (Å²) in [7, 11) is 3.55. The van der Waals surface area contributed by atoms with E-state index in [2.05, 4.69) is 29.9 Å². The molecule has 0 aromatic carbocycles. The molecule has 20 heteroatoms. The zero-order chi connectivity index (χ0) is 32.3. The van der Waals surface area contributed by atoms with Crippen molar-refractivity contribution in [2.24, 2.45) is 0 Å². The number of aliphatic hydroxyl groups excluding tert-OH is 4. The normalized spacial score (nSPS) is 31.9. The second kappa shape index (κ2) is 11.4. The fourth-order valence-corrected chi connectivity index (χ4v) is 5.42. The minimum Gasteiger partial charge on any atom is -0.394 e. The summed E-state index contributed by atoms with van der Waals surface area (Å²) in [5.74, 6) is 0.414. The summed E-state index contributed by atoms with van der Waals surface area (Å²) < 4.78 is 43.2. The molecular weight excluding hydrogens is 612 g/mol. The fraction of sp³-hybridized carbons (Fsp3) is 0.583. The van der Waals surface area contributed by atoms with E-state index in [1.54, 1.807) is 19.0 Å². The number of anilines is 3. The zero-order valence-electron chi connectivity index (χ0n) is 24.0. The van der Waals surface area contributed by atoms with Gasteiger partial charge in [-0.25, -0.2) is 18.7 Å². The first-order valence-corrected chi connectivity index (χ1v) is 13.6. The van der Waals surface area contributed by atoms with Crippen molar-refractivity contribution in [3.8, 4) is 0 Å². The van der Waals surface area contributed by atoms with E-state index in [0.717, 1.165) is 0 Å². The van der Waals surface area contributed by atoms with Crippen molar-refractivity contribution in [3.05, 3.63) is 17.8 Å². The van der Waals surface area contributed by atoms with E-state index in [9.17, 15) is 24.1 Å². The van der Waals surface area contributed by atoms with Gasteiger partial charge in [-0.3, -0.25) is 9.13 Å². The lowest BCUT2D eigenvalue weighted by Gasteiger charge is -2.24. The molecule has 0 bridgehead atoms. The Morgan fingerprint density at radius 1 is 0.841 bits per heavy atom. The van der Waals surface area contributed by atoms with Crippen LogP contribution in [0.3, 0.4) is 0 Å². The standard InChI is InChI=1S/C13H19FN6O3.C11H13ClFN5O3/c1-13(14)8(22)6(4-21)23-11(13)20-5-16-7-9(19(2)3)17-12(15)18-10(7)20;1-11(13)6(20)4(2-19)21-9(11)18-3-15-5-7(12)16-10(14)17-8(5)18/h5-6,8,11,21-22H,4H2,1-3H3,(H2,15,17,18);3-4,6,9,19-20H,2H2,1H3,(H2,14,16,17)/t6-,8-,11-,13-;4-,6-,9-,11-/m11/s1. The van der Waals surface area contributed by atoms with Crippen LogP contribution in [0.25, 0.3) is 22.3 Å². The largest absolute Gasteiger partial charge is 0.394 e. The van der Waals surface area contributed by atoms with E-state index < -0.39 is 61.4 Å². The SMILES string of the molecule is CN(C)c1nc(N)nc2c1ncn2[C@@H]1O[C@H](CO)[C@@H](O)[C@@]1(C)F.C[C@@]1(F)[C@H](O)[C@@H](CO)O[C@H]1n1cnc2c(Cl)nc(N)nc21. The number of aromatic nitrogens is 8. The Morgan fingerprint density at radius 3 is 1.70 bits per heavy atom. The molecule has 240 valence electrons. The van der Waals surface area contributed by atoms with Gasteiger partial charge < -0.3 is 46.3 Å². The van der Waals surface area contributed by atoms with Gasteiger partial charge in [0.05, 0.1) is 25.9 Å². The molecule has 4 aromatic heterocycles. The van der Waals surface area contributed by atoms with Crippen molar-refractivity contribution in [1.29, 1.82) is 0 Å². The van der Waals surface area contributed by atoms with Crippen LogP contribution in [0, 0.1) is 0 Å². The van der Waals surface area contributed by atoms with Crippen LogP contribution >= 0.6 is 11.6 Å². The molecule has 2 saturated heterocycles. The highest BCUT2D eigenvalue weighted by Gasteiger charge is 2.56. The van der Waals surface area contributed by atoms with Crippen molar-refractivity contribution in [2.45, 2.75) is 62.1 Å². The second-order valence-corrected chi connectivity index (χ2v) is 11.3. The number of ether oxygens (including phenoxy) is 2. The van der Waals surface area contributed by atoms with Gasteiger partial charge in [0.1, 0.15) is 29.9 Å². The number of alkyl halides is 2. The molecule has 8 atom stereocenters. The van der Waals surface area contributed by atoms with Crippen LogP contribution in [0.2, 0.25) is 5.15 Å². The third kappa shape index (κ3) is 5.13. The first kappa shape index (κ1) is 31.8. The van der Waals surface area contributed by atoms with E-state index >= 15 is 0 Å². The number of nitrogens with two attached hydrogens (primary N) is 2. The van der Waals surface area contributed by atoms with E-state index in [1.165, 1.54) is 35.6 Å². The van der Waals surface area contributed by atoms with Crippen molar-refractivity contribution >= 4 is 51.6 Å². The van der Waals surface area contributed by atoms with Gasteiger partial charge >= 0.3 is 0 Å². The Balaban J connectivity index is 0.000000175. The molecule has 17 nitrogen and oxygen atoms in total. The quantitative estimate of drug-likeness (QED) is 0.150. The molecule has 2 fully saturated rings. The molecule has 6 heterocycles. The van der Waals surface area contributed by atoms with Crippen LogP contribution in [0.5, 0.6) is 0 Å². The van der Waals surface area contributed by atoms with Crippen molar-refractivity contribution < 1.29 is 38.7 Å². The van der Waals surface area contributed by atoms with Crippen LogP contribution in [-0.2, 0) is 9.47 Å². The molecular formula is C24H32ClF2N11O6. The van der Waals surface area contributed by atoms with Crippen LogP contribution in [0.1, 0.15) is 26.3 Å². The monoisotopic (exact) mass is 643 g/mol. The van der Waals surface area contributed by atoms with Crippen molar-refractivity contribution in [2.75, 3.05) is 43.7 Å². The molecule has 2 aliphatic heterocycles. The first-order chi connectivity index (χ1) is 20.6. The van der Waals surface area contributed by atoms with E-state index in [-0.39, 0.29) is 28.2 Å². The third-order valence-corrected chi connectivity index (χ3v) is 7.80. The average molecular weight is 644 g/mol. The van der Waals surface area contributed by atoms with E-state index in [1.807, 2.05) is 0 Å². The minimum atomic E-state index is -2.15. The van der Waals surface area contributed by atoms with Gasteiger partial charge in [0.2, 0.25) is 11.9 Å². The van der Waals surface area contributed by atoms with Crippen molar-refractivity contribution in [1.82, 2.24) is 39.0 Å². The summed E-state index contributed by atoms with van der Waals surface area (Å²) >= 11 is 5.91. The fourth-order valence-electron chi connectivity index (χ4n) is 5.20. The predicted molar refractivity (Wildman–Crippen MR) is 152 cm³/mol. The zero-order valence-corrected chi connectivity index (χ0v) is 24.7. The maximum absolute atomic E-state index is 14.9. The van der Waals surface area contributed by atoms with Crippen molar-refractivity contribution in [3.63, 3.8) is 0 Å². The average Bonchev–Trinajstić information content (AvgIpc) is 3.67. The Morgan fingerprint density at radius 2 is 1.27 bits per heavy atom. The van der Waals surface area contributed by atoms with Gasteiger partial charge in [0, 0.05) is 14.1 Å². The summed E-state index contributed by atoms with van der Waals surface area (Å²) in [6.07, 6.45) is -4.80. The molecule has 0 unspecified atom stereocenters. The van der Waals surface area contributed by atoms with Crippen LogP contribution in [-0.4, -0.2) is 123 Å². The number of hydrogen-bond donors (Lipinski definition) is 6. The Kier molecular flexibility index (Phi) is 8.25. The molecule has 8 N–H and O–H groups in total. The molecule has 0 spiro atoms. The smallest absolute Gasteiger partial charge is 0.224 e. The van der Waals surface area contributed by atoms with Crippen LogP contribution in [0.4, 0.5) is 26.5 Å². The number of rotatable bonds is 5. The highest BCUT2D eigenvalue weighted by molar-refractivity contribution is 6.33. The number of nitrogen functional groups attached to an aromatic ring is 2. The molecule has 0 radical (unpaired) electrons. The molecule has 44 heavy (non-hydrogen) atoms. The molecule has 2 aliphatic rings. The summed E-state index contributed by atoms with van der Waals surface area (Å²) in [5.41, 5.74) is 8.14. The highest BCUT2D eigenvalue weighted by atomic mass is 35.5. The maximum atomic E-state index is 14.9. The van der Waals surface area contributed by atoms with E-state index in [4.69, 9.17) is 37.6 Å². The van der Waals surface area contributed by atoms with Gasteiger partial charge in [-0.2, -0.15) is 19.9 Å². The summed E-state index contributed by atoms with van der Waals surface area (Å²) in [6, 6.07) is 0. The number of nitrogens with zero attached hydrogens (tertiary/aromatic N) is 9. The predicted octanol–water partition coefficient (Wildman–Crippen LogP) is -0.506. The molecule has 0 amide bonds. The van der Waals surface area contributed by atoms with Gasteiger partial charge in [0.25, 0.3) is 0 Å². The molecule has 0 saturated carbocycles. The lowest BCUT2D eigenvalue weighted by molar-refractivity contribution is -0.0566. The number of halogens is 3. The lowest BCUT2D eigenvalue weighted by Crippen LogP contribution is -2.40.